The van der Waals surface area contributed by atoms with Crippen molar-refractivity contribution in [3.63, 3.8) is 0 Å². The van der Waals surface area contributed by atoms with Gasteiger partial charge in [0.25, 0.3) is 11.8 Å². The first-order chi connectivity index (χ1) is 13.0. The molecule has 0 fully saturated rings. The molecule has 2 amide bonds. The van der Waals surface area contributed by atoms with Gasteiger partial charge in [0, 0.05) is 13.0 Å². The van der Waals surface area contributed by atoms with Gasteiger partial charge in [-0.1, -0.05) is 12.1 Å². The van der Waals surface area contributed by atoms with Gasteiger partial charge >= 0.3 is 0 Å². The fraction of sp³-hybridized carbons (Fsp3) is 0.0952. The van der Waals surface area contributed by atoms with Crippen LogP contribution < -0.4 is 9.64 Å². The summed E-state index contributed by atoms with van der Waals surface area (Å²) in [6.07, 6.45) is 0. The minimum absolute atomic E-state index is 0.178. The summed E-state index contributed by atoms with van der Waals surface area (Å²) in [6, 6.07) is 14.9. The van der Waals surface area contributed by atoms with Crippen LogP contribution in [0.15, 0.2) is 59.0 Å². The number of furan rings is 1. The molecule has 134 valence electrons. The van der Waals surface area contributed by atoms with E-state index in [-0.39, 0.29) is 23.4 Å². The summed E-state index contributed by atoms with van der Waals surface area (Å²) in [4.78, 5) is 37.9. The number of carbonyl (C=O) groups excluding carboxylic acids is 3. The highest BCUT2D eigenvalue weighted by molar-refractivity contribution is 6.34. The smallest absolute Gasteiger partial charge is 0.266 e. The third-order valence-corrected chi connectivity index (χ3v) is 4.46. The van der Waals surface area contributed by atoms with Crippen molar-refractivity contribution in [1.29, 1.82) is 0 Å². The van der Waals surface area contributed by atoms with Gasteiger partial charge in [0.2, 0.25) is 0 Å². The Morgan fingerprint density at radius 1 is 0.926 bits per heavy atom. The third kappa shape index (κ3) is 2.62. The average Bonchev–Trinajstić information content (AvgIpc) is 3.26. The third-order valence-electron chi connectivity index (χ3n) is 4.46. The van der Waals surface area contributed by atoms with Crippen molar-refractivity contribution in [3.8, 4) is 17.1 Å². The monoisotopic (exact) mass is 361 g/mol. The summed E-state index contributed by atoms with van der Waals surface area (Å²) >= 11 is 0. The van der Waals surface area contributed by atoms with E-state index in [9.17, 15) is 14.4 Å². The number of imide groups is 1. The molecule has 3 aromatic rings. The minimum Gasteiger partial charge on any atom is -0.496 e. The predicted molar refractivity (Wildman–Crippen MR) is 98.3 cm³/mol. The minimum atomic E-state index is -0.373. The van der Waals surface area contributed by atoms with E-state index in [0.29, 0.717) is 33.9 Å². The Labute approximate surface area is 155 Å². The second kappa shape index (κ2) is 6.25. The maximum atomic E-state index is 12.6. The molecule has 2 aromatic carbocycles. The van der Waals surface area contributed by atoms with Gasteiger partial charge in [-0.25, -0.2) is 4.90 Å². The van der Waals surface area contributed by atoms with Crippen LogP contribution in [0.25, 0.3) is 11.3 Å². The molecule has 0 spiro atoms. The molecule has 0 N–H and O–H groups in total. The first-order valence-electron chi connectivity index (χ1n) is 8.28. The van der Waals surface area contributed by atoms with Crippen LogP contribution >= 0.6 is 0 Å². The zero-order chi connectivity index (χ0) is 19.1. The number of rotatable bonds is 4. The molecule has 0 aliphatic carbocycles. The normalized spacial score (nSPS) is 13.0. The van der Waals surface area contributed by atoms with Gasteiger partial charge in [0.1, 0.15) is 11.5 Å². The van der Waals surface area contributed by atoms with E-state index in [4.69, 9.17) is 9.15 Å². The number of hydrogen-bond acceptors (Lipinski definition) is 5. The fourth-order valence-electron chi connectivity index (χ4n) is 3.12. The van der Waals surface area contributed by atoms with Crippen LogP contribution in [0.2, 0.25) is 0 Å². The predicted octanol–water partition coefficient (Wildman–Crippen LogP) is 3.96. The van der Waals surface area contributed by atoms with Crippen molar-refractivity contribution < 1.29 is 23.5 Å². The van der Waals surface area contributed by atoms with Crippen LogP contribution in [-0.2, 0) is 0 Å². The quantitative estimate of drug-likeness (QED) is 0.519. The van der Waals surface area contributed by atoms with E-state index in [0.717, 1.165) is 4.90 Å². The number of amides is 2. The van der Waals surface area contributed by atoms with Crippen LogP contribution in [0.1, 0.15) is 38.2 Å². The molecule has 0 unspecified atom stereocenters. The van der Waals surface area contributed by atoms with Crippen LogP contribution in [0, 0.1) is 0 Å². The summed E-state index contributed by atoms with van der Waals surface area (Å²) in [6.45, 7) is 1.42. The van der Waals surface area contributed by atoms with Crippen LogP contribution in [0.5, 0.6) is 5.75 Å². The zero-order valence-electron chi connectivity index (χ0n) is 14.7. The second-order valence-electron chi connectivity index (χ2n) is 6.10. The van der Waals surface area contributed by atoms with Crippen molar-refractivity contribution >= 4 is 23.3 Å². The lowest BCUT2D eigenvalue weighted by molar-refractivity contribution is 0.0924. The number of nitrogens with zero attached hydrogens (tertiary/aromatic N) is 1. The molecular formula is C21H15NO5. The molecule has 0 radical (unpaired) electrons. The van der Waals surface area contributed by atoms with Gasteiger partial charge in [0.05, 0.1) is 29.5 Å². The van der Waals surface area contributed by atoms with Gasteiger partial charge < -0.3 is 9.15 Å². The molecule has 1 aromatic heterocycles. The molecule has 4 rings (SSSR count). The first-order valence-corrected chi connectivity index (χ1v) is 8.28. The van der Waals surface area contributed by atoms with E-state index in [1.165, 1.54) is 14.0 Å². The Hall–Kier alpha value is -3.67. The Balaban J connectivity index is 1.75. The van der Waals surface area contributed by atoms with Crippen LogP contribution in [0.3, 0.4) is 0 Å². The van der Waals surface area contributed by atoms with E-state index in [1.807, 2.05) is 0 Å². The van der Waals surface area contributed by atoms with E-state index >= 15 is 0 Å². The Bertz CT molecular complexity index is 1060. The van der Waals surface area contributed by atoms with Gasteiger partial charge in [-0.3, -0.25) is 14.4 Å². The van der Waals surface area contributed by atoms with Gasteiger partial charge in [-0.15, -0.1) is 0 Å². The summed E-state index contributed by atoms with van der Waals surface area (Å²) in [5.41, 5.74) is 1.77. The van der Waals surface area contributed by atoms with Crippen molar-refractivity contribution in [2.45, 2.75) is 6.92 Å². The fourth-order valence-corrected chi connectivity index (χ4v) is 3.12. The number of ether oxygens (including phenoxy) is 1. The number of fused-ring (bicyclic) bond motifs is 1. The van der Waals surface area contributed by atoms with Gasteiger partial charge in [0.15, 0.2) is 11.5 Å². The molecule has 1 aliphatic rings. The molecule has 0 atom stereocenters. The molecule has 27 heavy (non-hydrogen) atoms. The number of ketones is 1. The lowest BCUT2D eigenvalue weighted by Gasteiger charge is -2.16. The van der Waals surface area contributed by atoms with Gasteiger partial charge in [-0.2, -0.15) is 0 Å². The maximum Gasteiger partial charge on any atom is 0.266 e. The van der Waals surface area contributed by atoms with E-state index in [2.05, 4.69) is 0 Å². The number of methoxy groups -OCH3 is 1. The van der Waals surface area contributed by atoms with Crippen LogP contribution in [-0.4, -0.2) is 24.7 Å². The number of Topliss-reactive ketones (excluding diaryl/α,β-unsaturated/α-hetero) is 1. The maximum absolute atomic E-state index is 12.6. The number of carbonyl (C=O) groups is 3. The highest BCUT2D eigenvalue weighted by atomic mass is 16.5. The van der Waals surface area contributed by atoms with E-state index < -0.39 is 0 Å². The zero-order valence-corrected chi connectivity index (χ0v) is 14.7. The number of hydrogen-bond donors (Lipinski definition) is 0. The number of anilines is 1. The highest BCUT2D eigenvalue weighted by Crippen LogP contribution is 2.37. The summed E-state index contributed by atoms with van der Waals surface area (Å²) in [5.74, 6) is 0.211. The van der Waals surface area contributed by atoms with Gasteiger partial charge in [-0.05, 0) is 36.4 Å². The summed E-state index contributed by atoms with van der Waals surface area (Å²) in [5, 5.41) is 0. The van der Waals surface area contributed by atoms with Crippen molar-refractivity contribution in [2.75, 3.05) is 12.0 Å². The number of benzene rings is 2. The highest BCUT2D eigenvalue weighted by Gasteiger charge is 2.36. The first kappa shape index (κ1) is 16.8. The molecule has 2 heterocycles. The molecule has 6 heteroatoms. The molecule has 0 saturated heterocycles. The molecular weight excluding hydrogens is 346 g/mol. The topological polar surface area (TPSA) is 76.8 Å². The summed E-state index contributed by atoms with van der Waals surface area (Å²) < 4.78 is 11.0. The Morgan fingerprint density at radius 3 is 2.15 bits per heavy atom. The SMILES string of the molecule is COc1cc(N2C(=O)c3ccccc3C2=O)ccc1-c1ccc(C(C)=O)o1. The Morgan fingerprint density at radius 2 is 1.59 bits per heavy atom. The van der Waals surface area contributed by atoms with Crippen LogP contribution in [0.4, 0.5) is 5.69 Å². The molecule has 0 bridgehead atoms. The Kier molecular flexibility index (Phi) is 3.88. The van der Waals surface area contributed by atoms with Crippen molar-refractivity contribution in [1.82, 2.24) is 0 Å². The largest absolute Gasteiger partial charge is 0.496 e. The van der Waals surface area contributed by atoms with E-state index in [1.54, 1.807) is 54.6 Å². The van der Waals surface area contributed by atoms with Crippen molar-refractivity contribution in [2.24, 2.45) is 0 Å². The second-order valence-corrected chi connectivity index (χ2v) is 6.10. The lowest BCUT2D eigenvalue weighted by atomic mass is 10.1. The summed E-state index contributed by atoms with van der Waals surface area (Å²) in [7, 11) is 1.49. The van der Waals surface area contributed by atoms with Crippen molar-refractivity contribution in [3.05, 3.63) is 71.5 Å². The molecule has 0 saturated carbocycles. The average molecular weight is 361 g/mol. The standard InChI is InChI=1S/C21H15NO5/c1-12(23)17-9-10-18(27-17)16-8-7-13(11-19(16)26-2)22-20(24)14-5-3-4-6-15(14)21(22)25/h3-11H,1-2H3. The molecule has 1 aliphatic heterocycles. The molecule has 6 nitrogen and oxygen atoms in total. The lowest BCUT2D eigenvalue weighted by Crippen LogP contribution is -2.29.